The molecule has 11 aromatic rings. The highest BCUT2D eigenvalue weighted by Gasteiger charge is 2.19. The molecule has 0 aliphatic rings. The first-order chi connectivity index (χ1) is 29.7. The Morgan fingerprint density at radius 2 is 0.733 bits per heavy atom. The molecular formula is C58H39NO. The number of rotatable bonds is 8. The fourth-order valence-electron chi connectivity index (χ4n) is 8.66. The molecule has 0 N–H and O–H groups in total. The number of nitrogens with zero attached hydrogens (tertiary/aromatic N) is 1. The van der Waals surface area contributed by atoms with Crippen LogP contribution >= 0.6 is 0 Å². The van der Waals surface area contributed by atoms with Gasteiger partial charge in [0.05, 0.1) is 0 Å². The molecule has 0 saturated carbocycles. The molecule has 2 nitrogen and oxygen atoms in total. The maximum Gasteiger partial charge on any atom is 0.143 e. The zero-order valence-corrected chi connectivity index (χ0v) is 32.9. The Morgan fingerprint density at radius 3 is 1.42 bits per heavy atom. The number of furan rings is 1. The molecule has 60 heavy (non-hydrogen) atoms. The minimum absolute atomic E-state index is 0.888. The lowest BCUT2D eigenvalue weighted by Gasteiger charge is -2.26. The normalized spacial score (nSPS) is 11.3. The summed E-state index contributed by atoms with van der Waals surface area (Å²) in [5, 5.41) is 6.12. The van der Waals surface area contributed by atoms with E-state index in [2.05, 4.69) is 229 Å². The van der Waals surface area contributed by atoms with Gasteiger partial charge in [-0.3, -0.25) is 0 Å². The van der Waals surface area contributed by atoms with Gasteiger partial charge in [-0.15, -0.1) is 0 Å². The van der Waals surface area contributed by atoms with E-state index in [0.29, 0.717) is 0 Å². The third-order valence-corrected chi connectivity index (χ3v) is 11.7. The Bertz CT molecular complexity index is 3270. The Kier molecular flexibility index (Phi) is 8.87. The molecule has 0 spiro atoms. The second-order valence-corrected chi connectivity index (χ2v) is 15.3. The van der Waals surface area contributed by atoms with E-state index in [1.165, 1.54) is 38.2 Å². The van der Waals surface area contributed by atoms with Crippen molar-refractivity contribution in [3.05, 3.63) is 237 Å². The van der Waals surface area contributed by atoms with Crippen LogP contribution in [0.4, 0.5) is 17.1 Å². The molecule has 0 saturated heterocycles. The van der Waals surface area contributed by atoms with Crippen molar-refractivity contribution in [1.29, 1.82) is 0 Å². The van der Waals surface area contributed by atoms with Crippen molar-refractivity contribution in [1.82, 2.24) is 0 Å². The first-order valence-corrected chi connectivity index (χ1v) is 20.5. The molecule has 11 rings (SSSR count). The number of hydrogen-bond donors (Lipinski definition) is 0. The van der Waals surface area contributed by atoms with Gasteiger partial charge in [0, 0.05) is 33.6 Å². The molecule has 0 unspecified atom stereocenters. The lowest BCUT2D eigenvalue weighted by molar-refractivity contribution is 0.632. The van der Waals surface area contributed by atoms with Gasteiger partial charge in [0.15, 0.2) is 0 Å². The highest BCUT2D eigenvalue weighted by Crippen LogP contribution is 2.43. The number of hydrogen-bond acceptors (Lipinski definition) is 2. The van der Waals surface area contributed by atoms with Crippen molar-refractivity contribution >= 4 is 49.6 Å². The van der Waals surface area contributed by atoms with Crippen molar-refractivity contribution in [3.8, 4) is 55.8 Å². The largest absolute Gasteiger partial charge is 0.455 e. The third-order valence-electron chi connectivity index (χ3n) is 11.7. The summed E-state index contributed by atoms with van der Waals surface area (Å²) in [4.78, 5) is 2.36. The first-order valence-electron chi connectivity index (χ1n) is 20.5. The summed E-state index contributed by atoms with van der Waals surface area (Å²) in [5.41, 5.74) is 14.6. The molecular weight excluding hydrogens is 727 g/mol. The molecule has 0 atom stereocenters. The smallest absolute Gasteiger partial charge is 0.143 e. The summed E-state index contributed by atoms with van der Waals surface area (Å²) in [6, 6.07) is 84.7. The summed E-state index contributed by atoms with van der Waals surface area (Å²) in [6.07, 6.45) is 0. The summed E-state index contributed by atoms with van der Waals surface area (Å²) in [6.45, 7) is 0. The Hall–Kier alpha value is -7.94. The van der Waals surface area contributed by atoms with E-state index in [0.717, 1.165) is 67.2 Å². The fourth-order valence-corrected chi connectivity index (χ4v) is 8.66. The maximum atomic E-state index is 6.54. The summed E-state index contributed by atoms with van der Waals surface area (Å²) in [5.74, 6) is 0.888. The van der Waals surface area contributed by atoms with Gasteiger partial charge in [-0.05, 0) is 109 Å². The molecule has 282 valence electrons. The Morgan fingerprint density at radius 1 is 0.267 bits per heavy atom. The van der Waals surface area contributed by atoms with Gasteiger partial charge >= 0.3 is 0 Å². The fraction of sp³-hybridized carbons (Fsp3) is 0. The van der Waals surface area contributed by atoms with Crippen molar-refractivity contribution in [2.45, 2.75) is 0 Å². The Balaban J connectivity index is 0.915. The van der Waals surface area contributed by atoms with E-state index in [4.69, 9.17) is 4.42 Å². The van der Waals surface area contributed by atoms with Crippen molar-refractivity contribution in [2.75, 3.05) is 4.90 Å². The van der Waals surface area contributed by atoms with Crippen LogP contribution < -0.4 is 4.90 Å². The van der Waals surface area contributed by atoms with Gasteiger partial charge in [-0.1, -0.05) is 188 Å². The quantitative estimate of drug-likeness (QED) is 0.143. The zero-order valence-electron chi connectivity index (χ0n) is 32.9. The van der Waals surface area contributed by atoms with E-state index < -0.39 is 0 Å². The second kappa shape index (κ2) is 15.1. The van der Waals surface area contributed by atoms with Gasteiger partial charge in [-0.2, -0.15) is 0 Å². The Labute approximate surface area is 349 Å². The van der Waals surface area contributed by atoms with Gasteiger partial charge in [0.2, 0.25) is 0 Å². The molecule has 1 aromatic heterocycles. The van der Waals surface area contributed by atoms with Gasteiger partial charge in [-0.25, -0.2) is 0 Å². The lowest BCUT2D eigenvalue weighted by Crippen LogP contribution is -2.09. The monoisotopic (exact) mass is 765 g/mol. The van der Waals surface area contributed by atoms with Crippen LogP contribution in [-0.2, 0) is 0 Å². The van der Waals surface area contributed by atoms with Crippen molar-refractivity contribution in [2.24, 2.45) is 0 Å². The minimum atomic E-state index is 0.888. The van der Waals surface area contributed by atoms with E-state index in [-0.39, 0.29) is 0 Å². The molecule has 0 aliphatic heterocycles. The number of fused-ring (bicyclic) bond motifs is 4. The number of benzene rings is 10. The lowest BCUT2D eigenvalue weighted by atomic mass is 9.95. The highest BCUT2D eigenvalue weighted by atomic mass is 16.3. The summed E-state index contributed by atoms with van der Waals surface area (Å²) >= 11 is 0. The van der Waals surface area contributed by atoms with Crippen LogP contribution in [0.3, 0.4) is 0 Å². The summed E-state index contributed by atoms with van der Waals surface area (Å²) < 4.78 is 6.54. The molecule has 0 bridgehead atoms. The topological polar surface area (TPSA) is 16.4 Å². The first kappa shape index (κ1) is 35.2. The molecule has 2 heteroatoms. The third kappa shape index (κ3) is 6.51. The number of anilines is 3. The van der Waals surface area contributed by atoms with E-state index in [1.54, 1.807) is 0 Å². The van der Waals surface area contributed by atoms with Gasteiger partial charge < -0.3 is 9.32 Å². The highest BCUT2D eigenvalue weighted by molar-refractivity contribution is 6.08. The van der Waals surface area contributed by atoms with Gasteiger partial charge in [0.1, 0.15) is 11.3 Å². The average molecular weight is 766 g/mol. The molecule has 0 fully saturated rings. The van der Waals surface area contributed by atoms with Crippen LogP contribution in [0.5, 0.6) is 0 Å². The van der Waals surface area contributed by atoms with E-state index in [9.17, 15) is 0 Å². The van der Waals surface area contributed by atoms with E-state index in [1.807, 2.05) is 12.1 Å². The van der Waals surface area contributed by atoms with Crippen LogP contribution in [0.15, 0.2) is 241 Å². The van der Waals surface area contributed by atoms with E-state index >= 15 is 0 Å². The van der Waals surface area contributed by atoms with Crippen LogP contribution in [0, 0.1) is 0 Å². The molecule has 0 aliphatic carbocycles. The predicted octanol–water partition coefficient (Wildman–Crippen LogP) is 16.5. The van der Waals surface area contributed by atoms with Crippen LogP contribution in [0.25, 0.3) is 88.3 Å². The van der Waals surface area contributed by atoms with Crippen molar-refractivity contribution < 1.29 is 4.42 Å². The standard InChI is InChI=1S/C58H39NO/c1-3-12-40(13-4-1)42-28-32-50(33-29-42)59(52-36-37-54-48(39-52)27-26-45-14-7-8-19-53(45)54)51-34-30-43(31-35-51)41-22-24-44(25-23-41)47-17-11-18-49(38-47)58-57(46-15-5-2-6-16-46)55-20-9-10-21-56(55)60-58/h1-39H. The minimum Gasteiger partial charge on any atom is -0.455 e. The van der Waals surface area contributed by atoms with Gasteiger partial charge in [0.25, 0.3) is 0 Å². The molecule has 0 amide bonds. The maximum absolute atomic E-state index is 6.54. The van der Waals surface area contributed by atoms with Crippen molar-refractivity contribution in [3.63, 3.8) is 0 Å². The zero-order chi connectivity index (χ0) is 39.8. The number of para-hydroxylation sites is 1. The molecule has 0 radical (unpaired) electrons. The summed E-state index contributed by atoms with van der Waals surface area (Å²) in [7, 11) is 0. The second-order valence-electron chi connectivity index (χ2n) is 15.3. The van der Waals surface area contributed by atoms with Crippen LogP contribution in [0.1, 0.15) is 0 Å². The predicted molar refractivity (Wildman–Crippen MR) is 253 cm³/mol. The van der Waals surface area contributed by atoms with Crippen LogP contribution in [0.2, 0.25) is 0 Å². The SMILES string of the molecule is c1ccc(-c2ccc(N(c3ccc(-c4ccc(-c5cccc(-c6oc7ccccc7c6-c6ccccc6)c5)cc4)cc3)c3ccc4c(ccc5ccccc54)c3)cc2)cc1. The molecule has 10 aromatic carbocycles. The average Bonchev–Trinajstić information content (AvgIpc) is 3.73. The van der Waals surface area contributed by atoms with Crippen LogP contribution in [-0.4, -0.2) is 0 Å². The molecule has 1 heterocycles.